The lowest BCUT2D eigenvalue weighted by atomic mass is 10.1. The number of hydrogen-bond acceptors (Lipinski definition) is 2. The smallest absolute Gasteiger partial charge is 0.0911 e. The largest absolute Gasteiger partial charge is 0.387 e. The van der Waals surface area contributed by atoms with Crippen molar-refractivity contribution >= 4 is 0 Å². The third kappa shape index (κ3) is 2.47. The van der Waals surface area contributed by atoms with Gasteiger partial charge in [-0.2, -0.15) is 0 Å². The van der Waals surface area contributed by atoms with Crippen LogP contribution in [0.5, 0.6) is 0 Å². The molecule has 1 aliphatic rings. The van der Waals surface area contributed by atoms with E-state index in [1.54, 1.807) is 6.92 Å². The summed E-state index contributed by atoms with van der Waals surface area (Å²) in [7, 11) is 0. The molecule has 0 aliphatic carbocycles. The van der Waals surface area contributed by atoms with Crippen LogP contribution < -0.4 is 0 Å². The van der Waals surface area contributed by atoms with Gasteiger partial charge in [0.2, 0.25) is 0 Å². The van der Waals surface area contributed by atoms with Gasteiger partial charge < -0.3 is 14.4 Å². The third-order valence-electron chi connectivity index (χ3n) is 3.25. The lowest BCUT2D eigenvalue weighted by Crippen LogP contribution is -2.23. The lowest BCUT2D eigenvalue weighted by molar-refractivity contribution is -0.0224. The van der Waals surface area contributed by atoms with E-state index in [4.69, 9.17) is 4.74 Å². The maximum absolute atomic E-state index is 9.61. The minimum absolute atomic E-state index is 0.0167. The zero-order valence-corrected chi connectivity index (χ0v) is 10.3. The van der Waals surface area contributed by atoms with Crippen LogP contribution in [0.4, 0.5) is 0 Å². The molecule has 0 spiro atoms. The summed E-state index contributed by atoms with van der Waals surface area (Å²) in [4.78, 5) is 0. The first-order valence-corrected chi connectivity index (χ1v) is 5.99. The van der Waals surface area contributed by atoms with Gasteiger partial charge in [-0.15, -0.1) is 0 Å². The molecule has 1 aliphatic heterocycles. The second kappa shape index (κ2) is 4.22. The Morgan fingerprint density at radius 1 is 1.62 bits per heavy atom. The Morgan fingerprint density at radius 2 is 2.38 bits per heavy atom. The fourth-order valence-electron chi connectivity index (χ4n) is 2.40. The van der Waals surface area contributed by atoms with E-state index in [-0.39, 0.29) is 11.7 Å². The van der Waals surface area contributed by atoms with E-state index < -0.39 is 6.10 Å². The van der Waals surface area contributed by atoms with E-state index in [0.29, 0.717) is 0 Å². The van der Waals surface area contributed by atoms with E-state index >= 15 is 0 Å². The molecular weight excluding hydrogens is 202 g/mol. The third-order valence-corrected chi connectivity index (χ3v) is 3.25. The Hall–Kier alpha value is -0.800. The van der Waals surface area contributed by atoms with Gasteiger partial charge >= 0.3 is 0 Å². The van der Waals surface area contributed by atoms with Gasteiger partial charge in [0.25, 0.3) is 0 Å². The number of rotatable bonds is 3. The number of ether oxygens (including phenoxy) is 1. The first-order chi connectivity index (χ1) is 7.48. The molecule has 1 N–H and O–H groups in total. The van der Waals surface area contributed by atoms with Gasteiger partial charge in [0.15, 0.2) is 0 Å². The number of aliphatic hydroxyl groups is 1. The van der Waals surface area contributed by atoms with Crippen molar-refractivity contribution in [2.45, 2.75) is 58.0 Å². The molecule has 2 rings (SSSR count). The highest BCUT2D eigenvalue weighted by Crippen LogP contribution is 2.30. The zero-order valence-electron chi connectivity index (χ0n) is 10.3. The van der Waals surface area contributed by atoms with Crippen LogP contribution in [-0.4, -0.2) is 21.4 Å². The summed E-state index contributed by atoms with van der Waals surface area (Å²) in [5.41, 5.74) is 0.983. The summed E-state index contributed by atoms with van der Waals surface area (Å²) in [6.45, 7) is 6.92. The van der Waals surface area contributed by atoms with Crippen LogP contribution in [0.2, 0.25) is 0 Å². The van der Waals surface area contributed by atoms with Crippen LogP contribution in [0.25, 0.3) is 0 Å². The molecule has 2 unspecified atom stereocenters. The molecule has 3 heteroatoms. The highest BCUT2D eigenvalue weighted by Gasteiger charge is 2.31. The van der Waals surface area contributed by atoms with Crippen molar-refractivity contribution in [2.24, 2.45) is 0 Å². The molecule has 1 fully saturated rings. The number of nitrogens with zero attached hydrogens (tertiary/aromatic N) is 1. The average Bonchev–Trinajstić information content (AvgIpc) is 2.73. The Kier molecular flexibility index (Phi) is 3.08. The van der Waals surface area contributed by atoms with E-state index in [1.165, 1.54) is 0 Å². The lowest BCUT2D eigenvalue weighted by Gasteiger charge is -2.20. The van der Waals surface area contributed by atoms with Crippen molar-refractivity contribution in [3.05, 3.63) is 24.0 Å². The summed E-state index contributed by atoms with van der Waals surface area (Å²) in [5.74, 6) is 0. The number of aliphatic hydroxyl groups excluding tert-OH is 1. The van der Waals surface area contributed by atoms with Crippen LogP contribution >= 0.6 is 0 Å². The predicted octanol–water partition coefficient (Wildman–Crippen LogP) is 2.50. The van der Waals surface area contributed by atoms with Crippen molar-refractivity contribution < 1.29 is 9.84 Å². The molecule has 90 valence electrons. The number of hydrogen-bond donors (Lipinski definition) is 1. The molecule has 1 aromatic heterocycles. The quantitative estimate of drug-likeness (QED) is 0.854. The standard InChI is InChI=1S/C13H21NO2/c1-10(15)12-5-4-8-14(12)9-11-6-7-13(2,3)16-11/h4-5,8,10-11,15H,6-7,9H2,1-3H3. The van der Waals surface area contributed by atoms with Gasteiger partial charge in [-0.1, -0.05) is 0 Å². The summed E-state index contributed by atoms with van der Waals surface area (Å²) >= 11 is 0. The fraction of sp³-hybridized carbons (Fsp3) is 0.692. The van der Waals surface area contributed by atoms with Crippen molar-refractivity contribution in [2.75, 3.05) is 0 Å². The number of aromatic nitrogens is 1. The SMILES string of the molecule is CC(O)c1cccn1CC1CCC(C)(C)O1. The van der Waals surface area contributed by atoms with Crippen molar-refractivity contribution in [1.29, 1.82) is 0 Å². The van der Waals surface area contributed by atoms with E-state index in [9.17, 15) is 5.11 Å². The molecule has 2 atom stereocenters. The fourth-order valence-corrected chi connectivity index (χ4v) is 2.40. The van der Waals surface area contributed by atoms with E-state index in [2.05, 4.69) is 18.4 Å². The Labute approximate surface area is 97.0 Å². The monoisotopic (exact) mass is 223 g/mol. The topological polar surface area (TPSA) is 34.4 Å². The molecule has 0 bridgehead atoms. The second-order valence-corrected chi connectivity index (χ2v) is 5.30. The van der Waals surface area contributed by atoms with Crippen LogP contribution in [0.3, 0.4) is 0 Å². The Morgan fingerprint density at radius 3 is 2.94 bits per heavy atom. The molecule has 0 saturated carbocycles. The predicted molar refractivity (Wildman–Crippen MR) is 63.3 cm³/mol. The normalized spacial score (nSPS) is 25.9. The van der Waals surface area contributed by atoms with Crippen molar-refractivity contribution in [1.82, 2.24) is 4.57 Å². The summed E-state index contributed by atoms with van der Waals surface area (Å²) < 4.78 is 8.05. The van der Waals surface area contributed by atoms with Crippen LogP contribution in [-0.2, 0) is 11.3 Å². The Balaban J connectivity index is 2.02. The van der Waals surface area contributed by atoms with Gasteiger partial charge in [0.05, 0.1) is 17.8 Å². The molecule has 3 nitrogen and oxygen atoms in total. The highest BCUT2D eigenvalue weighted by atomic mass is 16.5. The van der Waals surface area contributed by atoms with Gasteiger partial charge in [0.1, 0.15) is 0 Å². The highest BCUT2D eigenvalue weighted by molar-refractivity contribution is 5.09. The molecule has 2 heterocycles. The molecule has 1 aromatic rings. The van der Waals surface area contributed by atoms with Gasteiger partial charge in [-0.3, -0.25) is 0 Å². The molecule has 1 saturated heterocycles. The summed E-state index contributed by atoms with van der Waals surface area (Å²) in [6, 6.07) is 3.94. The molecule has 0 amide bonds. The van der Waals surface area contributed by atoms with E-state index in [1.807, 2.05) is 18.3 Å². The Bertz CT molecular complexity index is 355. The van der Waals surface area contributed by atoms with E-state index in [0.717, 1.165) is 25.1 Å². The van der Waals surface area contributed by atoms with Gasteiger partial charge in [-0.25, -0.2) is 0 Å². The first kappa shape index (κ1) is 11.7. The van der Waals surface area contributed by atoms with Gasteiger partial charge in [0, 0.05) is 18.4 Å². The van der Waals surface area contributed by atoms with Crippen molar-refractivity contribution in [3.63, 3.8) is 0 Å². The maximum Gasteiger partial charge on any atom is 0.0911 e. The summed E-state index contributed by atoms with van der Waals surface area (Å²) in [5, 5.41) is 9.61. The molecular formula is C13H21NO2. The zero-order chi connectivity index (χ0) is 11.8. The van der Waals surface area contributed by atoms with Crippen molar-refractivity contribution in [3.8, 4) is 0 Å². The van der Waals surface area contributed by atoms with Crippen LogP contribution in [0.15, 0.2) is 18.3 Å². The van der Waals surface area contributed by atoms with Crippen LogP contribution in [0, 0.1) is 0 Å². The molecule has 16 heavy (non-hydrogen) atoms. The minimum Gasteiger partial charge on any atom is -0.387 e. The van der Waals surface area contributed by atoms with Crippen LogP contribution in [0.1, 0.15) is 45.4 Å². The molecule has 0 aromatic carbocycles. The maximum atomic E-state index is 9.61. The van der Waals surface area contributed by atoms with Gasteiger partial charge in [-0.05, 0) is 45.7 Å². The summed E-state index contributed by atoms with van der Waals surface area (Å²) in [6.07, 6.45) is 4.09. The average molecular weight is 223 g/mol. The first-order valence-electron chi connectivity index (χ1n) is 5.99. The molecule has 0 radical (unpaired) electrons. The second-order valence-electron chi connectivity index (χ2n) is 5.30. The minimum atomic E-state index is -0.413.